The van der Waals surface area contributed by atoms with E-state index in [1.54, 1.807) is 6.33 Å². The Hall–Kier alpha value is -1.32. The molecular weight excluding hydrogens is 214 g/mol. The Morgan fingerprint density at radius 2 is 2.18 bits per heavy atom. The highest BCUT2D eigenvalue weighted by molar-refractivity contribution is 5.38. The van der Waals surface area contributed by atoms with Crippen molar-refractivity contribution in [1.29, 1.82) is 0 Å². The third-order valence-electron chi connectivity index (χ3n) is 3.05. The monoisotopic (exact) mass is 235 g/mol. The second kappa shape index (κ2) is 5.34. The van der Waals surface area contributed by atoms with E-state index in [4.69, 9.17) is 4.74 Å². The number of nitrogens with zero attached hydrogens (tertiary/aromatic N) is 2. The maximum Gasteiger partial charge on any atom is 0.218 e. The van der Waals surface area contributed by atoms with Crippen molar-refractivity contribution in [1.82, 2.24) is 9.97 Å². The summed E-state index contributed by atoms with van der Waals surface area (Å²) in [7, 11) is 0. The van der Waals surface area contributed by atoms with E-state index in [1.807, 2.05) is 19.9 Å². The Labute approximate surface area is 103 Å². The topological polar surface area (TPSA) is 47.0 Å². The zero-order valence-corrected chi connectivity index (χ0v) is 10.8. The highest BCUT2D eigenvalue weighted by Crippen LogP contribution is 2.27. The molecule has 1 aliphatic rings. The Bertz CT molecular complexity index is 367. The van der Waals surface area contributed by atoms with E-state index in [0.29, 0.717) is 11.9 Å². The van der Waals surface area contributed by atoms with Crippen LogP contribution in [0.15, 0.2) is 12.4 Å². The van der Waals surface area contributed by atoms with E-state index >= 15 is 0 Å². The molecular formula is C13H21N3O. The molecule has 2 rings (SSSR count). The molecule has 1 aromatic rings. The summed E-state index contributed by atoms with van der Waals surface area (Å²) in [5.41, 5.74) is 0. The molecule has 0 spiro atoms. The average Bonchev–Trinajstić information content (AvgIpc) is 2.63. The largest absolute Gasteiger partial charge is 0.475 e. The molecule has 94 valence electrons. The van der Waals surface area contributed by atoms with Crippen LogP contribution >= 0.6 is 0 Å². The molecule has 1 saturated carbocycles. The van der Waals surface area contributed by atoms with Gasteiger partial charge in [-0.15, -0.1) is 0 Å². The van der Waals surface area contributed by atoms with Crippen molar-refractivity contribution in [2.75, 3.05) is 5.32 Å². The van der Waals surface area contributed by atoms with Crippen molar-refractivity contribution in [3.05, 3.63) is 12.4 Å². The minimum absolute atomic E-state index is 0.143. The first kappa shape index (κ1) is 12.1. The summed E-state index contributed by atoms with van der Waals surface area (Å²) in [4.78, 5) is 8.33. The van der Waals surface area contributed by atoms with Crippen molar-refractivity contribution in [2.45, 2.75) is 52.2 Å². The lowest BCUT2D eigenvalue weighted by Gasteiger charge is -2.14. The Balaban J connectivity index is 1.96. The highest BCUT2D eigenvalue weighted by Gasteiger charge is 2.21. The number of hydrogen-bond donors (Lipinski definition) is 1. The normalized spacial score (nSPS) is 24.0. The summed E-state index contributed by atoms with van der Waals surface area (Å²) in [6, 6.07) is 2.43. The van der Waals surface area contributed by atoms with Crippen LogP contribution in [0.2, 0.25) is 0 Å². The first-order valence-corrected chi connectivity index (χ1v) is 6.38. The van der Waals surface area contributed by atoms with E-state index in [0.717, 1.165) is 11.7 Å². The third kappa shape index (κ3) is 3.58. The second-order valence-electron chi connectivity index (χ2n) is 5.17. The molecule has 1 aliphatic carbocycles. The molecule has 2 unspecified atom stereocenters. The van der Waals surface area contributed by atoms with E-state index in [-0.39, 0.29) is 6.10 Å². The standard InChI is InChI=1S/C13H21N3O/c1-9(2)17-13-7-12(14-8-15-13)16-11-5-4-10(3)6-11/h7-11H,4-6H2,1-3H3,(H,14,15,16). The lowest BCUT2D eigenvalue weighted by Crippen LogP contribution is -2.16. The van der Waals surface area contributed by atoms with Gasteiger partial charge in [0.05, 0.1) is 6.10 Å². The lowest BCUT2D eigenvalue weighted by molar-refractivity contribution is 0.232. The van der Waals surface area contributed by atoms with Gasteiger partial charge in [0, 0.05) is 12.1 Å². The van der Waals surface area contributed by atoms with E-state index < -0.39 is 0 Å². The number of anilines is 1. The molecule has 0 radical (unpaired) electrons. The van der Waals surface area contributed by atoms with Gasteiger partial charge in [0.2, 0.25) is 5.88 Å². The Morgan fingerprint density at radius 3 is 2.82 bits per heavy atom. The van der Waals surface area contributed by atoms with Crippen molar-refractivity contribution < 1.29 is 4.74 Å². The van der Waals surface area contributed by atoms with Crippen LogP contribution in [0, 0.1) is 5.92 Å². The summed E-state index contributed by atoms with van der Waals surface area (Å²) >= 11 is 0. The number of aromatic nitrogens is 2. The van der Waals surface area contributed by atoms with Gasteiger partial charge in [0.15, 0.2) is 0 Å². The van der Waals surface area contributed by atoms with Gasteiger partial charge in [-0.2, -0.15) is 0 Å². The maximum absolute atomic E-state index is 5.55. The lowest BCUT2D eigenvalue weighted by atomic mass is 10.1. The van der Waals surface area contributed by atoms with Crippen molar-refractivity contribution in [3.8, 4) is 5.88 Å². The SMILES string of the molecule is CC1CCC(Nc2cc(OC(C)C)ncn2)C1. The molecule has 1 aromatic heterocycles. The molecule has 4 nitrogen and oxygen atoms in total. The van der Waals surface area contributed by atoms with E-state index in [2.05, 4.69) is 22.2 Å². The van der Waals surface area contributed by atoms with Crippen LogP contribution < -0.4 is 10.1 Å². The predicted molar refractivity (Wildman–Crippen MR) is 68.2 cm³/mol. The number of ether oxygens (including phenoxy) is 1. The predicted octanol–water partition coefficient (Wildman–Crippen LogP) is 2.86. The second-order valence-corrected chi connectivity index (χ2v) is 5.17. The smallest absolute Gasteiger partial charge is 0.218 e. The van der Waals surface area contributed by atoms with Gasteiger partial charge in [-0.3, -0.25) is 0 Å². The van der Waals surface area contributed by atoms with Crippen molar-refractivity contribution >= 4 is 5.82 Å². The van der Waals surface area contributed by atoms with Gasteiger partial charge in [-0.25, -0.2) is 9.97 Å². The molecule has 0 aliphatic heterocycles. The first-order chi connectivity index (χ1) is 8.13. The first-order valence-electron chi connectivity index (χ1n) is 6.38. The summed E-state index contributed by atoms with van der Waals surface area (Å²) in [6.45, 7) is 6.29. The molecule has 0 bridgehead atoms. The van der Waals surface area contributed by atoms with Gasteiger partial charge in [0.25, 0.3) is 0 Å². The fourth-order valence-electron chi connectivity index (χ4n) is 2.27. The van der Waals surface area contributed by atoms with Gasteiger partial charge < -0.3 is 10.1 Å². The molecule has 1 N–H and O–H groups in total. The van der Waals surface area contributed by atoms with Gasteiger partial charge in [-0.05, 0) is 39.0 Å². The molecule has 17 heavy (non-hydrogen) atoms. The quantitative estimate of drug-likeness (QED) is 0.871. The van der Waals surface area contributed by atoms with E-state index in [1.165, 1.54) is 19.3 Å². The molecule has 4 heteroatoms. The van der Waals surface area contributed by atoms with Crippen LogP contribution in [0.1, 0.15) is 40.0 Å². The van der Waals surface area contributed by atoms with Crippen molar-refractivity contribution in [2.24, 2.45) is 5.92 Å². The van der Waals surface area contributed by atoms with Crippen molar-refractivity contribution in [3.63, 3.8) is 0 Å². The van der Waals surface area contributed by atoms with Crippen LogP contribution in [-0.4, -0.2) is 22.1 Å². The fraction of sp³-hybridized carbons (Fsp3) is 0.692. The number of nitrogens with one attached hydrogen (secondary N) is 1. The van der Waals surface area contributed by atoms with Gasteiger partial charge >= 0.3 is 0 Å². The number of hydrogen-bond acceptors (Lipinski definition) is 4. The molecule has 1 heterocycles. The van der Waals surface area contributed by atoms with Gasteiger partial charge in [-0.1, -0.05) is 6.92 Å². The Morgan fingerprint density at radius 1 is 1.35 bits per heavy atom. The average molecular weight is 235 g/mol. The minimum Gasteiger partial charge on any atom is -0.475 e. The third-order valence-corrected chi connectivity index (χ3v) is 3.05. The highest BCUT2D eigenvalue weighted by atomic mass is 16.5. The van der Waals surface area contributed by atoms with Crippen LogP contribution in [0.5, 0.6) is 5.88 Å². The summed E-state index contributed by atoms with van der Waals surface area (Å²) in [5, 5.41) is 3.45. The molecule has 0 amide bonds. The van der Waals surface area contributed by atoms with Gasteiger partial charge in [0.1, 0.15) is 12.1 Å². The zero-order valence-electron chi connectivity index (χ0n) is 10.8. The molecule has 2 atom stereocenters. The van der Waals surface area contributed by atoms with Crippen LogP contribution in [-0.2, 0) is 0 Å². The summed E-state index contributed by atoms with van der Waals surface area (Å²) < 4.78 is 5.55. The minimum atomic E-state index is 0.143. The molecule has 0 aromatic carbocycles. The van der Waals surface area contributed by atoms with Crippen LogP contribution in [0.25, 0.3) is 0 Å². The van der Waals surface area contributed by atoms with Crippen LogP contribution in [0.3, 0.4) is 0 Å². The Kier molecular flexibility index (Phi) is 3.82. The summed E-state index contributed by atoms with van der Waals surface area (Å²) in [5.74, 6) is 2.33. The fourth-order valence-corrected chi connectivity index (χ4v) is 2.27. The molecule has 0 saturated heterocycles. The summed E-state index contributed by atoms with van der Waals surface area (Å²) in [6.07, 6.45) is 5.45. The molecule has 1 fully saturated rings. The van der Waals surface area contributed by atoms with Crippen LogP contribution in [0.4, 0.5) is 5.82 Å². The number of rotatable bonds is 4. The van der Waals surface area contributed by atoms with E-state index in [9.17, 15) is 0 Å². The zero-order chi connectivity index (χ0) is 12.3. The maximum atomic E-state index is 5.55.